The molecule has 0 radical (unpaired) electrons. The number of nitrogens with zero attached hydrogens (tertiary/aromatic N) is 4. The van der Waals surface area contributed by atoms with Crippen LogP contribution in [-0.4, -0.2) is 64.0 Å². The van der Waals surface area contributed by atoms with E-state index in [9.17, 15) is 4.79 Å². The fourth-order valence-electron chi connectivity index (χ4n) is 5.01. The lowest BCUT2D eigenvalue weighted by Crippen LogP contribution is -2.53. The maximum atomic E-state index is 13.0. The number of likely N-dealkylation sites (tertiary alicyclic amines) is 1. The van der Waals surface area contributed by atoms with E-state index >= 15 is 0 Å². The second-order valence-electron chi connectivity index (χ2n) is 9.02. The number of benzene rings is 2. The van der Waals surface area contributed by atoms with Crippen molar-refractivity contribution >= 4 is 32.9 Å². The highest BCUT2D eigenvalue weighted by atomic mass is 79.9. The van der Waals surface area contributed by atoms with Gasteiger partial charge in [-0.25, -0.2) is 4.98 Å². The zero-order valence-electron chi connectivity index (χ0n) is 18.5. The van der Waals surface area contributed by atoms with Gasteiger partial charge in [-0.3, -0.25) is 14.3 Å². The first-order chi connectivity index (χ1) is 15.6. The van der Waals surface area contributed by atoms with Crippen molar-refractivity contribution in [2.45, 2.75) is 32.4 Å². The van der Waals surface area contributed by atoms with E-state index in [2.05, 4.69) is 78.9 Å². The zero-order valence-corrected chi connectivity index (χ0v) is 20.1. The van der Waals surface area contributed by atoms with Crippen LogP contribution in [0.5, 0.6) is 0 Å². The highest BCUT2D eigenvalue weighted by Crippen LogP contribution is 2.26. The summed E-state index contributed by atoms with van der Waals surface area (Å²) in [7, 11) is 0. The quantitative estimate of drug-likeness (QED) is 0.597. The number of imidazole rings is 1. The van der Waals surface area contributed by atoms with Gasteiger partial charge >= 0.3 is 0 Å². The molecule has 0 aliphatic carbocycles. The number of carbonyl (C=O) groups is 1. The second-order valence-corrected chi connectivity index (χ2v) is 9.94. The van der Waals surface area contributed by atoms with Crippen molar-refractivity contribution in [3.05, 3.63) is 58.8 Å². The first-order valence-electron chi connectivity index (χ1n) is 11.6. The average Bonchev–Trinajstić information content (AvgIpc) is 3.17. The number of rotatable bonds is 4. The van der Waals surface area contributed by atoms with Crippen molar-refractivity contribution in [2.75, 3.05) is 32.7 Å². The van der Waals surface area contributed by atoms with Crippen molar-refractivity contribution in [1.29, 1.82) is 0 Å². The molecular formula is C25H30BrN5O. The molecule has 2 fully saturated rings. The van der Waals surface area contributed by atoms with E-state index in [0.717, 1.165) is 79.1 Å². The van der Waals surface area contributed by atoms with E-state index < -0.39 is 0 Å². The molecule has 0 unspecified atom stereocenters. The Bertz CT molecular complexity index is 1100. The molecule has 2 aromatic carbocycles. The largest absolute Gasteiger partial charge is 0.340 e. The van der Waals surface area contributed by atoms with Crippen molar-refractivity contribution in [3.8, 4) is 5.69 Å². The van der Waals surface area contributed by atoms with Gasteiger partial charge in [-0.05, 0) is 63.2 Å². The minimum Gasteiger partial charge on any atom is -0.340 e. The fourth-order valence-corrected chi connectivity index (χ4v) is 5.40. The number of para-hydroxylation sites is 2. The molecular weight excluding hydrogens is 466 g/mol. The molecule has 2 aliphatic heterocycles. The molecule has 1 amide bonds. The highest BCUT2D eigenvalue weighted by molar-refractivity contribution is 9.10. The zero-order chi connectivity index (χ0) is 22.1. The lowest BCUT2D eigenvalue weighted by molar-refractivity contribution is -0.138. The second kappa shape index (κ2) is 9.33. The van der Waals surface area contributed by atoms with Gasteiger partial charge in [-0.15, -0.1) is 0 Å². The van der Waals surface area contributed by atoms with Gasteiger partial charge in [0.05, 0.1) is 17.6 Å². The van der Waals surface area contributed by atoms with E-state index in [0.29, 0.717) is 11.9 Å². The van der Waals surface area contributed by atoms with E-state index in [1.54, 1.807) is 0 Å². The third kappa shape index (κ3) is 4.47. The van der Waals surface area contributed by atoms with E-state index in [4.69, 9.17) is 4.98 Å². The Morgan fingerprint density at radius 1 is 1.12 bits per heavy atom. The molecule has 0 spiro atoms. The van der Waals surface area contributed by atoms with Crippen molar-refractivity contribution in [1.82, 2.24) is 24.7 Å². The Kier molecular flexibility index (Phi) is 6.31. The van der Waals surface area contributed by atoms with Crippen LogP contribution in [0.15, 0.2) is 53.0 Å². The highest BCUT2D eigenvalue weighted by Gasteiger charge is 2.31. The van der Waals surface area contributed by atoms with Crippen LogP contribution in [0.3, 0.4) is 0 Å². The number of aromatic nitrogens is 2. The Morgan fingerprint density at radius 3 is 2.72 bits per heavy atom. The van der Waals surface area contributed by atoms with Gasteiger partial charge < -0.3 is 10.2 Å². The SMILES string of the molecule is C[C@@H]1CN(C(=O)C2CCN(Cc3nc4ccccc4n3-c3cccc(Br)c3)CC2)CCN1. The first kappa shape index (κ1) is 21.6. The van der Waals surface area contributed by atoms with Crippen molar-refractivity contribution < 1.29 is 4.79 Å². The number of nitrogens with one attached hydrogen (secondary N) is 1. The number of fused-ring (bicyclic) bond motifs is 1. The van der Waals surface area contributed by atoms with Gasteiger partial charge in [0.1, 0.15) is 5.82 Å². The number of halogens is 1. The molecule has 168 valence electrons. The smallest absolute Gasteiger partial charge is 0.225 e. The Labute approximate surface area is 197 Å². The molecule has 1 aromatic heterocycles. The number of carbonyl (C=O) groups excluding carboxylic acids is 1. The average molecular weight is 496 g/mol. The molecule has 1 atom stereocenters. The van der Waals surface area contributed by atoms with Crippen LogP contribution in [0.2, 0.25) is 0 Å². The number of amides is 1. The summed E-state index contributed by atoms with van der Waals surface area (Å²) in [5, 5.41) is 3.42. The van der Waals surface area contributed by atoms with Crippen LogP contribution in [0.25, 0.3) is 16.7 Å². The summed E-state index contributed by atoms with van der Waals surface area (Å²) in [5.74, 6) is 1.55. The summed E-state index contributed by atoms with van der Waals surface area (Å²) >= 11 is 3.61. The molecule has 0 saturated carbocycles. The molecule has 1 N–H and O–H groups in total. The minimum atomic E-state index is 0.153. The molecule has 3 heterocycles. The lowest BCUT2D eigenvalue weighted by Gasteiger charge is -2.37. The molecule has 3 aromatic rings. The summed E-state index contributed by atoms with van der Waals surface area (Å²) in [6.07, 6.45) is 1.85. The van der Waals surface area contributed by atoms with E-state index in [1.807, 2.05) is 12.1 Å². The van der Waals surface area contributed by atoms with Gasteiger partial charge in [0.15, 0.2) is 0 Å². The molecule has 0 bridgehead atoms. The summed E-state index contributed by atoms with van der Waals surface area (Å²) in [6, 6.07) is 17.1. The van der Waals surface area contributed by atoms with Crippen molar-refractivity contribution in [2.24, 2.45) is 5.92 Å². The first-order valence-corrected chi connectivity index (χ1v) is 12.3. The number of hydrogen-bond donors (Lipinski definition) is 1. The topological polar surface area (TPSA) is 53.4 Å². The standard InChI is InChI=1S/C25H30BrN5O/c1-18-16-30(14-11-27-18)25(32)19-9-12-29(13-10-19)17-24-28-22-7-2-3-8-23(22)31(24)21-6-4-5-20(26)15-21/h2-8,15,18-19,27H,9-14,16-17H2,1H3/t18-/m1/s1. The Hall–Kier alpha value is -2.22. The summed E-state index contributed by atoms with van der Waals surface area (Å²) in [6.45, 7) is 7.36. The predicted octanol–water partition coefficient (Wildman–Crippen LogP) is 3.82. The van der Waals surface area contributed by atoms with Crippen LogP contribution in [0.1, 0.15) is 25.6 Å². The molecule has 32 heavy (non-hydrogen) atoms. The molecule has 2 aliphatic rings. The van der Waals surface area contributed by atoms with E-state index in [-0.39, 0.29) is 5.92 Å². The van der Waals surface area contributed by atoms with Crippen LogP contribution in [0, 0.1) is 5.92 Å². The summed E-state index contributed by atoms with van der Waals surface area (Å²) in [4.78, 5) is 22.5. The lowest BCUT2D eigenvalue weighted by atomic mass is 9.94. The third-order valence-electron chi connectivity index (χ3n) is 6.68. The third-order valence-corrected chi connectivity index (χ3v) is 7.17. The Balaban J connectivity index is 1.31. The summed E-state index contributed by atoms with van der Waals surface area (Å²) in [5.41, 5.74) is 3.25. The monoisotopic (exact) mass is 495 g/mol. The maximum Gasteiger partial charge on any atom is 0.225 e. The molecule has 2 saturated heterocycles. The minimum absolute atomic E-state index is 0.153. The van der Waals surface area contributed by atoms with Crippen molar-refractivity contribution in [3.63, 3.8) is 0 Å². The van der Waals surface area contributed by atoms with Crippen LogP contribution < -0.4 is 5.32 Å². The normalized spacial score (nSPS) is 20.7. The van der Waals surface area contributed by atoms with Crippen LogP contribution in [-0.2, 0) is 11.3 Å². The van der Waals surface area contributed by atoms with E-state index in [1.165, 1.54) is 0 Å². The molecule has 5 rings (SSSR count). The van der Waals surface area contributed by atoms with Crippen LogP contribution >= 0.6 is 15.9 Å². The number of piperidine rings is 1. The fraction of sp³-hybridized carbons (Fsp3) is 0.440. The van der Waals surface area contributed by atoms with Gasteiger partial charge in [0.2, 0.25) is 5.91 Å². The maximum absolute atomic E-state index is 13.0. The predicted molar refractivity (Wildman–Crippen MR) is 131 cm³/mol. The number of piperazine rings is 1. The number of hydrogen-bond acceptors (Lipinski definition) is 4. The summed E-state index contributed by atoms with van der Waals surface area (Å²) < 4.78 is 3.32. The van der Waals surface area contributed by atoms with Crippen LogP contribution in [0.4, 0.5) is 0 Å². The molecule has 6 nitrogen and oxygen atoms in total. The molecule has 7 heteroatoms. The van der Waals surface area contributed by atoms with Gasteiger partial charge in [0, 0.05) is 41.8 Å². The Morgan fingerprint density at radius 2 is 1.94 bits per heavy atom. The van der Waals surface area contributed by atoms with Gasteiger partial charge in [0.25, 0.3) is 0 Å². The van der Waals surface area contributed by atoms with Gasteiger partial charge in [-0.1, -0.05) is 34.1 Å². The van der Waals surface area contributed by atoms with Gasteiger partial charge in [-0.2, -0.15) is 0 Å².